The predicted octanol–water partition coefficient (Wildman–Crippen LogP) is 2.60. The zero-order valence-electron chi connectivity index (χ0n) is 8.69. The normalized spacial score (nSPS) is 10.8. The van der Waals surface area contributed by atoms with Gasteiger partial charge in [-0.2, -0.15) is 0 Å². The first-order chi connectivity index (χ1) is 7.29. The second-order valence-corrected chi connectivity index (χ2v) is 4.71. The van der Waals surface area contributed by atoms with E-state index in [9.17, 15) is 0 Å². The lowest BCUT2D eigenvalue weighted by atomic mass is 10.3. The highest BCUT2D eigenvalue weighted by Gasteiger charge is 2.07. The summed E-state index contributed by atoms with van der Waals surface area (Å²) in [6.45, 7) is 2.76. The van der Waals surface area contributed by atoms with Gasteiger partial charge in [0.2, 0.25) is 0 Å². The smallest absolute Gasteiger partial charge is 0.194 e. The summed E-state index contributed by atoms with van der Waals surface area (Å²) in [6, 6.07) is 4.15. The van der Waals surface area contributed by atoms with Gasteiger partial charge in [-0.1, -0.05) is 0 Å². The maximum atomic E-state index is 5.63. The zero-order valence-corrected chi connectivity index (χ0v) is 9.51. The van der Waals surface area contributed by atoms with Crippen LogP contribution in [0.25, 0.3) is 10.6 Å². The maximum Gasteiger partial charge on any atom is 0.194 e. The van der Waals surface area contributed by atoms with E-state index in [0.717, 1.165) is 29.4 Å². The molecular weight excluding hydrogens is 208 g/mol. The summed E-state index contributed by atoms with van der Waals surface area (Å²) in [5.74, 6) is 1.64. The molecule has 0 aliphatic rings. The van der Waals surface area contributed by atoms with E-state index in [1.165, 1.54) is 4.88 Å². The van der Waals surface area contributed by atoms with Crippen LogP contribution in [-0.4, -0.2) is 11.5 Å². The van der Waals surface area contributed by atoms with E-state index in [-0.39, 0.29) is 0 Å². The molecule has 0 aliphatic carbocycles. The Kier molecular flexibility index (Phi) is 3.18. The van der Waals surface area contributed by atoms with Gasteiger partial charge >= 0.3 is 0 Å². The molecule has 0 aliphatic heterocycles. The minimum absolute atomic E-state index is 0.676. The van der Waals surface area contributed by atoms with Crippen LogP contribution in [0.2, 0.25) is 0 Å². The summed E-state index contributed by atoms with van der Waals surface area (Å²) in [7, 11) is 0. The van der Waals surface area contributed by atoms with Gasteiger partial charge in [0.1, 0.15) is 0 Å². The molecular formula is C11H14N2OS. The van der Waals surface area contributed by atoms with Crippen LogP contribution >= 0.6 is 11.3 Å². The second-order valence-electron chi connectivity index (χ2n) is 3.42. The first-order valence-electron chi connectivity index (χ1n) is 5.01. The molecule has 80 valence electrons. The average Bonchev–Trinajstić information content (AvgIpc) is 2.83. The van der Waals surface area contributed by atoms with Gasteiger partial charge in [-0.3, -0.25) is 0 Å². The molecule has 2 aromatic rings. The Morgan fingerprint density at radius 3 is 3.00 bits per heavy atom. The van der Waals surface area contributed by atoms with Crippen molar-refractivity contribution >= 4 is 11.3 Å². The number of aryl methyl sites for hydroxylation is 2. The molecule has 0 spiro atoms. The molecule has 0 saturated heterocycles. The van der Waals surface area contributed by atoms with Crippen molar-refractivity contribution in [1.29, 1.82) is 0 Å². The largest absolute Gasteiger partial charge is 0.440 e. The average molecular weight is 222 g/mol. The Labute approximate surface area is 92.9 Å². The Bertz CT molecular complexity index is 433. The fourth-order valence-corrected chi connectivity index (χ4v) is 2.17. The van der Waals surface area contributed by atoms with Crippen LogP contribution in [0.4, 0.5) is 0 Å². The monoisotopic (exact) mass is 222 g/mol. The first-order valence-corrected chi connectivity index (χ1v) is 5.83. The molecule has 0 bridgehead atoms. The first kappa shape index (κ1) is 10.4. The predicted molar refractivity (Wildman–Crippen MR) is 61.9 cm³/mol. The maximum absolute atomic E-state index is 5.63. The van der Waals surface area contributed by atoms with Crippen molar-refractivity contribution in [3.8, 4) is 10.6 Å². The molecule has 3 nitrogen and oxygen atoms in total. The number of rotatable bonds is 4. The van der Waals surface area contributed by atoms with E-state index in [2.05, 4.69) is 24.0 Å². The van der Waals surface area contributed by atoms with Crippen molar-refractivity contribution in [3.63, 3.8) is 0 Å². The summed E-state index contributed by atoms with van der Waals surface area (Å²) < 4.78 is 5.63. The van der Waals surface area contributed by atoms with E-state index in [1.807, 2.05) is 0 Å². The fraction of sp³-hybridized carbons (Fsp3) is 0.364. The Morgan fingerprint density at radius 1 is 1.47 bits per heavy atom. The molecule has 0 unspecified atom stereocenters. The van der Waals surface area contributed by atoms with Crippen molar-refractivity contribution in [2.75, 3.05) is 6.54 Å². The van der Waals surface area contributed by atoms with Crippen LogP contribution < -0.4 is 5.73 Å². The summed E-state index contributed by atoms with van der Waals surface area (Å²) in [4.78, 5) is 6.64. The van der Waals surface area contributed by atoms with Crippen molar-refractivity contribution in [2.45, 2.75) is 19.8 Å². The highest BCUT2D eigenvalue weighted by atomic mass is 32.1. The van der Waals surface area contributed by atoms with Crippen LogP contribution in [0.15, 0.2) is 22.7 Å². The lowest BCUT2D eigenvalue weighted by molar-refractivity contribution is 0.500. The number of thiophene rings is 1. The van der Waals surface area contributed by atoms with E-state index >= 15 is 0 Å². The van der Waals surface area contributed by atoms with Gasteiger partial charge in [0.15, 0.2) is 11.7 Å². The van der Waals surface area contributed by atoms with Crippen LogP contribution in [-0.2, 0) is 6.42 Å². The van der Waals surface area contributed by atoms with Crippen molar-refractivity contribution in [3.05, 3.63) is 29.1 Å². The number of aromatic nitrogens is 1. The minimum atomic E-state index is 0.676. The SMILES string of the molecule is Cc1ccc(-c2cnc(CCCN)o2)s1. The molecule has 0 fully saturated rings. The van der Waals surface area contributed by atoms with E-state index in [1.54, 1.807) is 17.5 Å². The van der Waals surface area contributed by atoms with Gasteiger partial charge < -0.3 is 10.2 Å². The van der Waals surface area contributed by atoms with E-state index in [0.29, 0.717) is 6.54 Å². The van der Waals surface area contributed by atoms with Crippen molar-refractivity contribution in [1.82, 2.24) is 4.98 Å². The van der Waals surface area contributed by atoms with Gasteiger partial charge in [-0.25, -0.2) is 4.98 Å². The van der Waals surface area contributed by atoms with Crippen LogP contribution in [0.1, 0.15) is 17.2 Å². The van der Waals surface area contributed by atoms with E-state index in [4.69, 9.17) is 10.2 Å². The molecule has 2 N–H and O–H groups in total. The van der Waals surface area contributed by atoms with Crippen molar-refractivity contribution < 1.29 is 4.42 Å². The van der Waals surface area contributed by atoms with Crippen molar-refractivity contribution in [2.24, 2.45) is 5.73 Å². The molecule has 4 heteroatoms. The molecule has 2 aromatic heterocycles. The molecule has 0 aromatic carbocycles. The van der Waals surface area contributed by atoms with Gasteiger partial charge in [0.25, 0.3) is 0 Å². The molecule has 0 radical (unpaired) electrons. The third-order valence-corrected chi connectivity index (χ3v) is 3.15. The standard InChI is InChI=1S/C11H14N2OS/c1-8-4-5-10(15-8)9-7-13-11(14-9)3-2-6-12/h4-5,7H,2-3,6,12H2,1H3. The minimum Gasteiger partial charge on any atom is -0.440 e. The second kappa shape index (κ2) is 4.59. The van der Waals surface area contributed by atoms with Gasteiger partial charge in [0.05, 0.1) is 11.1 Å². The molecule has 2 rings (SSSR count). The number of oxazole rings is 1. The van der Waals surface area contributed by atoms with Crippen LogP contribution in [0, 0.1) is 6.92 Å². The Morgan fingerprint density at radius 2 is 2.33 bits per heavy atom. The zero-order chi connectivity index (χ0) is 10.7. The van der Waals surface area contributed by atoms with Crippen LogP contribution in [0.5, 0.6) is 0 Å². The molecule has 2 heterocycles. The fourth-order valence-electron chi connectivity index (χ4n) is 1.36. The Balaban J connectivity index is 2.13. The van der Waals surface area contributed by atoms with Gasteiger partial charge in [0, 0.05) is 11.3 Å². The summed E-state index contributed by atoms with van der Waals surface area (Å²) in [6.07, 6.45) is 3.53. The molecule has 15 heavy (non-hydrogen) atoms. The quantitative estimate of drug-likeness (QED) is 0.865. The summed E-state index contributed by atoms with van der Waals surface area (Å²) in [5, 5.41) is 0. The summed E-state index contributed by atoms with van der Waals surface area (Å²) >= 11 is 1.72. The number of nitrogens with two attached hydrogens (primary N) is 1. The lowest BCUT2D eigenvalue weighted by Crippen LogP contribution is -2.00. The number of hydrogen-bond donors (Lipinski definition) is 1. The lowest BCUT2D eigenvalue weighted by Gasteiger charge is -1.91. The third kappa shape index (κ3) is 2.46. The highest BCUT2D eigenvalue weighted by Crippen LogP contribution is 2.28. The summed E-state index contributed by atoms with van der Waals surface area (Å²) in [5.41, 5.74) is 5.43. The molecule has 0 saturated carbocycles. The molecule has 0 amide bonds. The topological polar surface area (TPSA) is 52.0 Å². The molecule has 0 atom stereocenters. The number of hydrogen-bond acceptors (Lipinski definition) is 4. The van der Waals surface area contributed by atoms with Crippen LogP contribution in [0.3, 0.4) is 0 Å². The van der Waals surface area contributed by atoms with Gasteiger partial charge in [-0.05, 0) is 32.0 Å². The highest BCUT2D eigenvalue weighted by molar-refractivity contribution is 7.15. The third-order valence-electron chi connectivity index (χ3n) is 2.13. The van der Waals surface area contributed by atoms with Gasteiger partial charge in [-0.15, -0.1) is 11.3 Å². The number of nitrogens with zero attached hydrogens (tertiary/aromatic N) is 1. The van der Waals surface area contributed by atoms with E-state index < -0.39 is 0 Å². The Hall–Kier alpha value is -1.13.